The van der Waals surface area contributed by atoms with Gasteiger partial charge in [-0.2, -0.15) is 0 Å². The number of hydrogen-bond donors (Lipinski definition) is 1. The van der Waals surface area contributed by atoms with Crippen molar-refractivity contribution in [3.05, 3.63) is 23.8 Å². The largest absolute Gasteiger partial charge is 0.493 e. The van der Waals surface area contributed by atoms with Crippen LogP contribution in [0, 0.1) is 0 Å². The smallest absolute Gasteiger partial charge is 0.161 e. The zero-order valence-corrected chi connectivity index (χ0v) is 12.6. The van der Waals surface area contributed by atoms with Gasteiger partial charge >= 0.3 is 0 Å². The van der Waals surface area contributed by atoms with Gasteiger partial charge in [-0.15, -0.1) is 0 Å². The van der Waals surface area contributed by atoms with Crippen LogP contribution in [0.15, 0.2) is 18.2 Å². The van der Waals surface area contributed by atoms with E-state index in [4.69, 9.17) is 14.2 Å². The van der Waals surface area contributed by atoms with Gasteiger partial charge in [0.05, 0.1) is 33.0 Å². The molecule has 1 fully saturated rings. The molecular formula is C16H25NO3. The third-order valence-corrected chi connectivity index (χ3v) is 3.81. The summed E-state index contributed by atoms with van der Waals surface area (Å²) in [6, 6.07) is 6.23. The molecule has 4 heteroatoms. The number of ether oxygens (including phenoxy) is 3. The Kier molecular flexibility index (Phi) is 5.68. The third-order valence-electron chi connectivity index (χ3n) is 3.81. The molecule has 1 saturated carbocycles. The maximum atomic E-state index is 5.94. The van der Waals surface area contributed by atoms with Crippen LogP contribution in [-0.4, -0.2) is 33.5 Å². The summed E-state index contributed by atoms with van der Waals surface area (Å²) < 4.78 is 16.6. The van der Waals surface area contributed by atoms with Crippen molar-refractivity contribution in [1.82, 2.24) is 5.32 Å². The van der Waals surface area contributed by atoms with Crippen molar-refractivity contribution < 1.29 is 14.2 Å². The van der Waals surface area contributed by atoms with E-state index in [1.54, 1.807) is 14.2 Å². The fourth-order valence-corrected chi connectivity index (χ4v) is 2.36. The Labute approximate surface area is 121 Å². The third kappa shape index (κ3) is 3.64. The maximum Gasteiger partial charge on any atom is 0.161 e. The Morgan fingerprint density at radius 2 is 1.95 bits per heavy atom. The maximum absolute atomic E-state index is 5.94. The summed E-state index contributed by atoms with van der Waals surface area (Å²) in [6.07, 6.45) is 4.15. The minimum atomic E-state index is 0.195. The molecule has 1 aromatic carbocycles. The molecule has 0 saturated heterocycles. The fourth-order valence-electron chi connectivity index (χ4n) is 2.36. The number of rotatable bonds is 8. The molecule has 0 spiro atoms. The van der Waals surface area contributed by atoms with E-state index >= 15 is 0 Å². The van der Waals surface area contributed by atoms with E-state index < -0.39 is 0 Å². The average molecular weight is 279 g/mol. The molecule has 0 radical (unpaired) electrons. The summed E-state index contributed by atoms with van der Waals surface area (Å²) in [5.74, 6) is 1.52. The number of benzene rings is 1. The molecule has 1 atom stereocenters. The van der Waals surface area contributed by atoms with Crippen molar-refractivity contribution in [1.29, 1.82) is 0 Å². The van der Waals surface area contributed by atoms with Crippen LogP contribution in [0.4, 0.5) is 0 Å². The Morgan fingerprint density at radius 1 is 1.20 bits per heavy atom. The van der Waals surface area contributed by atoms with Crippen molar-refractivity contribution in [2.24, 2.45) is 0 Å². The zero-order chi connectivity index (χ0) is 14.4. The summed E-state index contributed by atoms with van der Waals surface area (Å²) in [4.78, 5) is 0. The van der Waals surface area contributed by atoms with E-state index in [1.165, 1.54) is 24.8 Å². The van der Waals surface area contributed by atoms with Crippen LogP contribution < -0.4 is 14.8 Å². The lowest BCUT2D eigenvalue weighted by Gasteiger charge is -2.28. The zero-order valence-electron chi connectivity index (χ0n) is 12.6. The molecule has 2 rings (SSSR count). The van der Waals surface area contributed by atoms with Gasteiger partial charge < -0.3 is 19.5 Å². The quantitative estimate of drug-likeness (QED) is 0.794. The molecular weight excluding hydrogens is 254 g/mol. The average Bonchev–Trinajstić information content (AvgIpc) is 2.44. The summed E-state index contributed by atoms with van der Waals surface area (Å²) in [5, 5.41) is 3.47. The number of nitrogens with one attached hydrogen (secondary N) is 1. The van der Waals surface area contributed by atoms with E-state index in [0.717, 1.165) is 18.0 Å². The molecule has 0 amide bonds. The van der Waals surface area contributed by atoms with Crippen molar-refractivity contribution in [2.75, 3.05) is 27.4 Å². The Morgan fingerprint density at radius 3 is 2.50 bits per heavy atom. The van der Waals surface area contributed by atoms with Gasteiger partial charge in [0.2, 0.25) is 0 Å². The van der Waals surface area contributed by atoms with E-state index in [1.807, 2.05) is 12.1 Å². The molecule has 1 aromatic rings. The van der Waals surface area contributed by atoms with E-state index in [0.29, 0.717) is 12.7 Å². The van der Waals surface area contributed by atoms with Crippen LogP contribution in [0.3, 0.4) is 0 Å². The van der Waals surface area contributed by atoms with E-state index in [-0.39, 0.29) is 6.04 Å². The summed E-state index contributed by atoms with van der Waals surface area (Å²) in [7, 11) is 3.31. The molecule has 0 aromatic heterocycles. The van der Waals surface area contributed by atoms with Crippen LogP contribution >= 0.6 is 0 Å². The number of likely N-dealkylation sites (N-methyl/N-ethyl adjacent to an activating group) is 1. The van der Waals surface area contributed by atoms with Crippen molar-refractivity contribution >= 4 is 0 Å². The predicted octanol–water partition coefficient (Wildman–Crippen LogP) is 2.92. The Balaban J connectivity index is 2.06. The fraction of sp³-hybridized carbons (Fsp3) is 0.625. The van der Waals surface area contributed by atoms with Crippen LogP contribution in [0.2, 0.25) is 0 Å². The minimum absolute atomic E-state index is 0.195. The molecule has 1 unspecified atom stereocenters. The molecule has 4 nitrogen and oxygen atoms in total. The first-order valence-corrected chi connectivity index (χ1v) is 7.35. The topological polar surface area (TPSA) is 39.7 Å². The first-order chi connectivity index (χ1) is 9.78. The number of hydrogen-bond acceptors (Lipinski definition) is 4. The monoisotopic (exact) mass is 279 g/mol. The summed E-state index contributed by atoms with van der Waals surface area (Å²) in [5.41, 5.74) is 1.17. The van der Waals surface area contributed by atoms with E-state index in [2.05, 4.69) is 18.3 Å². The summed E-state index contributed by atoms with van der Waals surface area (Å²) >= 11 is 0. The van der Waals surface area contributed by atoms with Crippen LogP contribution in [0.5, 0.6) is 11.5 Å². The molecule has 112 valence electrons. The molecule has 1 aliphatic carbocycles. The molecule has 0 bridgehead atoms. The molecule has 1 aliphatic rings. The lowest BCUT2D eigenvalue weighted by Crippen LogP contribution is -2.30. The highest BCUT2D eigenvalue weighted by Crippen LogP contribution is 2.31. The van der Waals surface area contributed by atoms with Crippen LogP contribution in [0.1, 0.15) is 37.8 Å². The van der Waals surface area contributed by atoms with Crippen molar-refractivity contribution in [2.45, 2.75) is 38.3 Å². The van der Waals surface area contributed by atoms with Gasteiger partial charge in [0, 0.05) is 0 Å². The minimum Gasteiger partial charge on any atom is -0.493 e. The molecule has 0 aliphatic heterocycles. The lowest BCUT2D eigenvalue weighted by molar-refractivity contribution is -0.00862. The normalized spacial score (nSPS) is 16.6. The molecule has 0 heterocycles. The second-order valence-corrected chi connectivity index (χ2v) is 5.11. The highest BCUT2D eigenvalue weighted by Gasteiger charge is 2.21. The predicted molar refractivity (Wildman–Crippen MR) is 79.6 cm³/mol. The van der Waals surface area contributed by atoms with Crippen molar-refractivity contribution in [3.8, 4) is 11.5 Å². The first-order valence-electron chi connectivity index (χ1n) is 7.35. The van der Waals surface area contributed by atoms with Gasteiger partial charge in [-0.05, 0) is 43.5 Å². The second kappa shape index (κ2) is 7.50. The number of methoxy groups -OCH3 is 2. The van der Waals surface area contributed by atoms with Gasteiger partial charge in [-0.1, -0.05) is 13.0 Å². The first kappa shape index (κ1) is 15.1. The standard InChI is InChI=1S/C16H25NO3/c1-4-17-14(11-20-13-6-5-7-13)12-8-9-15(18-2)16(10-12)19-3/h8-10,13-14,17H,4-7,11H2,1-3H3. The second-order valence-electron chi connectivity index (χ2n) is 5.11. The van der Waals surface area contributed by atoms with Crippen molar-refractivity contribution in [3.63, 3.8) is 0 Å². The van der Waals surface area contributed by atoms with Gasteiger partial charge in [0.1, 0.15) is 0 Å². The van der Waals surface area contributed by atoms with Gasteiger partial charge in [0.25, 0.3) is 0 Å². The molecule has 1 N–H and O–H groups in total. The highest BCUT2D eigenvalue weighted by atomic mass is 16.5. The lowest BCUT2D eigenvalue weighted by atomic mass is 9.96. The SMILES string of the molecule is CCNC(COC1CCC1)c1ccc(OC)c(OC)c1. The van der Waals surface area contributed by atoms with E-state index in [9.17, 15) is 0 Å². The summed E-state index contributed by atoms with van der Waals surface area (Å²) in [6.45, 7) is 3.72. The van der Waals surface area contributed by atoms with Crippen LogP contribution in [0.25, 0.3) is 0 Å². The van der Waals surface area contributed by atoms with Crippen LogP contribution in [-0.2, 0) is 4.74 Å². The molecule has 20 heavy (non-hydrogen) atoms. The van der Waals surface area contributed by atoms with Gasteiger partial charge in [-0.25, -0.2) is 0 Å². The Bertz CT molecular complexity index is 418. The highest BCUT2D eigenvalue weighted by molar-refractivity contribution is 5.43. The van der Waals surface area contributed by atoms with Gasteiger partial charge in [0.15, 0.2) is 11.5 Å². The Hall–Kier alpha value is -1.26. The van der Waals surface area contributed by atoms with Gasteiger partial charge in [-0.3, -0.25) is 0 Å².